The van der Waals surface area contributed by atoms with E-state index in [0.717, 1.165) is 34.9 Å². The Hall–Kier alpha value is -2.06. The molecule has 1 fully saturated rings. The second-order valence-corrected chi connectivity index (χ2v) is 10.3. The summed E-state index contributed by atoms with van der Waals surface area (Å²) in [6.07, 6.45) is 4.72. The van der Waals surface area contributed by atoms with Crippen molar-refractivity contribution >= 4 is 5.69 Å². The van der Waals surface area contributed by atoms with Crippen LogP contribution in [-0.2, 0) is 15.9 Å². The van der Waals surface area contributed by atoms with E-state index in [0.29, 0.717) is 12.8 Å². The van der Waals surface area contributed by atoms with Crippen LogP contribution in [0, 0.1) is 11.8 Å². The van der Waals surface area contributed by atoms with Crippen molar-refractivity contribution in [2.45, 2.75) is 63.4 Å². The molecule has 7 heteroatoms. The van der Waals surface area contributed by atoms with Gasteiger partial charge in [-0.05, 0) is 49.1 Å². The summed E-state index contributed by atoms with van der Waals surface area (Å²) >= 11 is 0. The van der Waals surface area contributed by atoms with Gasteiger partial charge in [-0.3, -0.25) is 0 Å². The molecule has 1 aliphatic carbocycles. The molecule has 1 aromatic carbocycles. The first kappa shape index (κ1) is 24.1. The van der Waals surface area contributed by atoms with Crippen molar-refractivity contribution in [2.24, 2.45) is 11.8 Å². The SMILES string of the molecule is COC1=CC(C)C(C2CC(O)CC(CO)(CO)O2)C=C1Cc1ccc2c(c1)NCC(C)(C)O2. The maximum atomic E-state index is 10.5. The van der Waals surface area contributed by atoms with Crippen molar-refractivity contribution in [3.63, 3.8) is 0 Å². The molecule has 4 N–H and O–H groups in total. The number of fused-ring (bicyclic) bond motifs is 1. The van der Waals surface area contributed by atoms with Gasteiger partial charge in [-0.15, -0.1) is 0 Å². The average Bonchev–Trinajstić information content (AvgIpc) is 2.79. The third kappa shape index (κ3) is 5.06. The third-order valence-electron chi connectivity index (χ3n) is 7.00. The van der Waals surface area contributed by atoms with E-state index >= 15 is 0 Å². The van der Waals surface area contributed by atoms with Crippen LogP contribution in [0.3, 0.4) is 0 Å². The molecular formula is C26H37NO6. The first-order valence-corrected chi connectivity index (χ1v) is 11.8. The van der Waals surface area contributed by atoms with Gasteiger partial charge < -0.3 is 34.8 Å². The van der Waals surface area contributed by atoms with Crippen LogP contribution >= 0.6 is 0 Å². The quantitative estimate of drug-likeness (QED) is 0.519. The van der Waals surface area contributed by atoms with E-state index in [1.165, 1.54) is 0 Å². The fourth-order valence-corrected chi connectivity index (χ4v) is 5.18. The van der Waals surface area contributed by atoms with Crippen molar-refractivity contribution < 1.29 is 29.5 Å². The molecule has 3 aliphatic rings. The molecule has 0 aromatic heterocycles. The molecule has 0 radical (unpaired) electrons. The molecule has 33 heavy (non-hydrogen) atoms. The lowest BCUT2D eigenvalue weighted by molar-refractivity contribution is -0.207. The maximum absolute atomic E-state index is 10.5. The zero-order valence-corrected chi connectivity index (χ0v) is 20.0. The van der Waals surface area contributed by atoms with E-state index in [1.807, 2.05) is 6.07 Å². The van der Waals surface area contributed by atoms with Crippen LogP contribution in [0.15, 0.2) is 41.7 Å². The number of anilines is 1. The van der Waals surface area contributed by atoms with Crippen LogP contribution in [-0.4, -0.2) is 65.6 Å². The molecule has 7 nitrogen and oxygen atoms in total. The molecule has 0 amide bonds. The van der Waals surface area contributed by atoms with Gasteiger partial charge in [0.2, 0.25) is 0 Å². The summed E-state index contributed by atoms with van der Waals surface area (Å²) in [4.78, 5) is 0. The molecule has 1 saturated heterocycles. The Labute approximate surface area is 196 Å². The van der Waals surface area contributed by atoms with Crippen molar-refractivity contribution in [1.82, 2.24) is 0 Å². The van der Waals surface area contributed by atoms with Gasteiger partial charge in [-0.1, -0.05) is 19.1 Å². The Morgan fingerprint density at radius 3 is 2.64 bits per heavy atom. The standard InChI is InChI=1S/C26H37NO6/c1-16-7-23(31-4)18(8-17-5-6-22-21(9-17)27-13-25(2,3)32-22)10-20(16)24-11-19(30)12-26(14-28,15-29)33-24/h5-7,9-10,16,19-20,24,27-30H,8,11-15H2,1-4H3. The Kier molecular flexibility index (Phi) is 6.78. The molecule has 182 valence electrons. The fourth-order valence-electron chi connectivity index (χ4n) is 5.18. The van der Waals surface area contributed by atoms with E-state index in [-0.39, 0.29) is 43.2 Å². The topological polar surface area (TPSA) is 100 Å². The van der Waals surface area contributed by atoms with E-state index in [2.05, 4.69) is 50.4 Å². The maximum Gasteiger partial charge on any atom is 0.143 e. The summed E-state index contributed by atoms with van der Waals surface area (Å²) < 4.78 is 18.0. The number of allylic oxidation sites excluding steroid dienone is 2. The first-order chi connectivity index (χ1) is 15.7. The van der Waals surface area contributed by atoms with Crippen LogP contribution in [0.1, 0.15) is 39.2 Å². The molecule has 2 aliphatic heterocycles. The van der Waals surface area contributed by atoms with Crippen LogP contribution in [0.4, 0.5) is 5.69 Å². The smallest absolute Gasteiger partial charge is 0.143 e. The Balaban J connectivity index is 1.58. The highest BCUT2D eigenvalue weighted by atomic mass is 16.5. The summed E-state index contributed by atoms with van der Waals surface area (Å²) in [6.45, 7) is 6.32. The molecule has 0 spiro atoms. The van der Waals surface area contributed by atoms with Crippen LogP contribution in [0.25, 0.3) is 0 Å². The normalized spacial score (nSPS) is 30.3. The summed E-state index contributed by atoms with van der Waals surface area (Å²) in [5.74, 6) is 1.81. The molecule has 4 rings (SSSR count). The van der Waals surface area contributed by atoms with Crippen LogP contribution in [0.2, 0.25) is 0 Å². The van der Waals surface area contributed by atoms with Crippen molar-refractivity contribution in [2.75, 3.05) is 32.2 Å². The lowest BCUT2D eigenvalue weighted by Gasteiger charge is -2.45. The number of aliphatic hydroxyl groups is 3. The highest BCUT2D eigenvalue weighted by Gasteiger charge is 2.44. The highest BCUT2D eigenvalue weighted by Crippen LogP contribution is 2.40. The zero-order chi connectivity index (χ0) is 23.8. The van der Waals surface area contributed by atoms with Crippen molar-refractivity contribution in [3.8, 4) is 5.75 Å². The number of ether oxygens (including phenoxy) is 3. The van der Waals surface area contributed by atoms with E-state index in [4.69, 9.17) is 14.2 Å². The summed E-state index contributed by atoms with van der Waals surface area (Å²) in [7, 11) is 1.68. The third-order valence-corrected chi connectivity index (χ3v) is 7.00. The van der Waals surface area contributed by atoms with E-state index in [9.17, 15) is 15.3 Å². The van der Waals surface area contributed by atoms with Crippen LogP contribution < -0.4 is 10.1 Å². The van der Waals surface area contributed by atoms with E-state index in [1.54, 1.807) is 7.11 Å². The monoisotopic (exact) mass is 459 g/mol. The lowest BCUT2D eigenvalue weighted by atomic mass is 9.77. The Morgan fingerprint density at radius 1 is 1.18 bits per heavy atom. The van der Waals surface area contributed by atoms with Gasteiger partial charge in [0.1, 0.15) is 22.7 Å². The number of aliphatic hydroxyl groups excluding tert-OH is 3. The number of hydrogen-bond donors (Lipinski definition) is 4. The number of rotatable bonds is 6. The average molecular weight is 460 g/mol. The molecule has 4 atom stereocenters. The zero-order valence-electron chi connectivity index (χ0n) is 20.0. The van der Waals surface area contributed by atoms with Crippen molar-refractivity contribution in [3.05, 3.63) is 47.2 Å². The summed E-state index contributed by atoms with van der Waals surface area (Å²) in [6, 6.07) is 6.21. The predicted molar refractivity (Wildman–Crippen MR) is 126 cm³/mol. The van der Waals surface area contributed by atoms with Gasteiger partial charge in [-0.2, -0.15) is 0 Å². The molecule has 0 saturated carbocycles. The Bertz CT molecular complexity index is 919. The van der Waals surface area contributed by atoms with Gasteiger partial charge in [0.05, 0.1) is 44.8 Å². The second kappa shape index (κ2) is 9.29. The number of nitrogens with one attached hydrogen (secondary N) is 1. The largest absolute Gasteiger partial charge is 0.497 e. The minimum atomic E-state index is -1.11. The first-order valence-electron chi connectivity index (χ1n) is 11.8. The number of benzene rings is 1. The molecular weight excluding hydrogens is 422 g/mol. The van der Waals surface area contributed by atoms with E-state index < -0.39 is 11.7 Å². The van der Waals surface area contributed by atoms with Gasteiger partial charge in [0.25, 0.3) is 0 Å². The molecule has 0 bridgehead atoms. The number of hydrogen-bond acceptors (Lipinski definition) is 7. The van der Waals surface area contributed by atoms with Gasteiger partial charge in [0.15, 0.2) is 0 Å². The number of methoxy groups -OCH3 is 1. The highest BCUT2D eigenvalue weighted by molar-refractivity contribution is 5.60. The summed E-state index contributed by atoms with van der Waals surface area (Å²) in [5.41, 5.74) is 1.83. The lowest BCUT2D eigenvalue weighted by Crippen LogP contribution is -2.53. The van der Waals surface area contributed by atoms with Gasteiger partial charge >= 0.3 is 0 Å². The fraction of sp³-hybridized carbons (Fsp3) is 0.615. The minimum Gasteiger partial charge on any atom is -0.497 e. The summed E-state index contributed by atoms with van der Waals surface area (Å²) in [5, 5.41) is 33.6. The molecule has 1 aromatic rings. The van der Waals surface area contributed by atoms with Crippen LogP contribution in [0.5, 0.6) is 5.75 Å². The minimum absolute atomic E-state index is 0.00814. The molecule has 4 unspecified atom stereocenters. The van der Waals surface area contributed by atoms with Gasteiger partial charge in [0, 0.05) is 25.2 Å². The Morgan fingerprint density at radius 2 is 1.94 bits per heavy atom. The molecule has 2 heterocycles. The van der Waals surface area contributed by atoms with Crippen molar-refractivity contribution in [1.29, 1.82) is 0 Å². The van der Waals surface area contributed by atoms with Gasteiger partial charge in [-0.25, -0.2) is 0 Å². The predicted octanol–water partition coefficient (Wildman–Crippen LogP) is 2.80. The second-order valence-electron chi connectivity index (χ2n) is 10.3.